The second kappa shape index (κ2) is 9.54. The number of aromatic nitrogens is 2. The van der Waals surface area contributed by atoms with Gasteiger partial charge in [-0.1, -0.05) is 29.6 Å². The average molecular weight is 394 g/mol. The molecule has 0 aliphatic carbocycles. The van der Waals surface area contributed by atoms with E-state index in [-0.39, 0.29) is 11.7 Å². The van der Waals surface area contributed by atoms with Gasteiger partial charge in [-0.2, -0.15) is 5.10 Å². The van der Waals surface area contributed by atoms with Gasteiger partial charge >= 0.3 is 0 Å². The van der Waals surface area contributed by atoms with Crippen molar-refractivity contribution in [3.8, 4) is 0 Å². The third-order valence-corrected chi connectivity index (χ3v) is 5.82. The minimum atomic E-state index is 0.100. The topological polar surface area (TPSA) is 38.1 Å². The van der Waals surface area contributed by atoms with Gasteiger partial charge < -0.3 is 4.90 Å². The van der Waals surface area contributed by atoms with Gasteiger partial charge in [0, 0.05) is 30.4 Å². The van der Waals surface area contributed by atoms with Crippen LogP contribution < -0.4 is 0 Å². The lowest BCUT2D eigenvalue weighted by Crippen LogP contribution is -2.36. The van der Waals surface area contributed by atoms with Crippen LogP contribution in [0, 0.1) is 5.92 Å². The third kappa shape index (κ3) is 5.32. The van der Waals surface area contributed by atoms with Crippen molar-refractivity contribution in [3.63, 3.8) is 0 Å². The Bertz CT molecular complexity index is 710. The van der Waals surface area contributed by atoms with E-state index < -0.39 is 0 Å². The van der Waals surface area contributed by atoms with E-state index >= 15 is 0 Å². The fraction of sp³-hybridized carbons (Fsp3) is 0.500. The number of Topliss-reactive ketones (excluding diaryl/α,β-unsaturated/α-hetero) is 1. The van der Waals surface area contributed by atoms with Crippen LogP contribution in [0.15, 0.2) is 36.7 Å². The highest BCUT2D eigenvalue weighted by Crippen LogP contribution is 2.27. The lowest BCUT2D eigenvalue weighted by molar-refractivity contribution is 0.0839. The maximum Gasteiger partial charge on any atom is 0.166 e. The molecule has 1 fully saturated rings. The SMILES string of the molecule is O=C(c1ccc(Cl)c(Cl)c1)C1CCN(CCCCCn2cccn2)CC1. The molecule has 0 amide bonds. The van der Waals surface area contributed by atoms with Crippen molar-refractivity contribution in [1.82, 2.24) is 14.7 Å². The second-order valence-corrected chi connectivity index (χ2v) is 7.75. The predicted molar refractivity (Wildman–Crippen MR) is 106 cm³/mol. The first kappa shape index (κ1) is 19.4. The van der Waals surface area contributed by atoms with Crippen LogP contribution in [0.5, 0.6) is 0 Å². The first-order valence-corrected chi connectivity index (χ1v) is 10.1. The molecule has 1 aromatic heterocycles. The highest BCUT2D eigenvalue weighted by Gasteiger charge is 2.25. The van der Waals surface area contributed by atoms with Gasteiger partial charge in [0.1, 0.15) is 0 Å². The molecule has 1 aliphatic rings. The molecule has 0 saturated carbocycles. The Morgan fingerprint density at radius 2 is 1.85 bits per heavy atom. The number of nitrogens with zero attached hydrogens (tertiary/aromatic N) is 3. The Hall–Kier alpha value is -1.36. The predicted octanol–water partition coefficient (Wildman–Crippen LogP) is 4.96. The first-order chi connectivity index (χ1) is 12.6. The van der Waals surface area contributed by atoms with Gasteiger partial charge in [0.25, 0.3) is 0 Å². The molecule has 0 N–H and O–H groups in total. The Morgan fingerprint density at radius 1 is 1.08 bits per heavy atom. The number of aryl methyl sites for hydroxylation is 1. The van der Waals surface area contributed by atoms with E-state index in [0.717, 1.165) is 45.4 Å². The lowest BCUT2D eigenvalue weighted by atomic mass is 9.89. The quantitative estimate of drug-likeness (QED) is 0.470. The molecule has 4 nitrogen and oxygen atoms in total. The standard InChI is InChI=1S/C20H25Cl2N3O/c21-18-6-5-17(15-19(18)22)20(26)16-7-13-24(14-8-16)10-2-1-3-11-25-12-4-9-23-25/h4-6,9,12,15-16H,1-3,7-8,10-11,13-14H2. The third-order valence-electron chi connectivity index (χ3n) is 5.08. The monoisotopic (exact) mass is 393 g/mol. The maximum atomic E-state index is 12.7. The molecular formula is C20H25Cl2N3O. The van der Waals surface area contributed by atoms with Crippen molar-refractivity contribution in [3.05, 3.63) is 52.3 Å². The molecule has 2 aromatic rings. The van der Waals surface area contributed by atoms with Crippen LogP contribution in [0.3, 0.4) is 0 Å². The van der Waals surface area contributed by atoms with Crippen molar-refractivity contribution in [2.75, 3.05) is 19.6 Å². The molecule has 0 atom stereocenters. The molecule has 3 rings (SSSR count). The molecular weight excluding hydrogens is 369 g/mol. The van der Waals surface area contributed by atoms with Crippen LogP contribution >= 0.6 is 23.2 Å². The Balaban J connectivity index is 1.35. The number of rotatable bonds is 8. The van der Waals surface area contributed by atoms with Crippen molar-refractivity contribution in [1.29, 1.82) is 0 Å². The number of benzene rings is 1. The van der Waals surface area contributed by atoms with Gasteiger partial charge in [-0.05, 0) is 69.6 Å². The highest BCUT2D eigenvalue weighted by atomic mass is 35.5. The smallest absolute Gasteiger partial charge is 0.166 e. The molecule has 1 aromatic carbocycles. The number of hydrogen-bond acceptors (Lipinski definition) is 3. The van der Waals surface area contributed by atoms with Gasteiger partial charge in [-0.15, -0.1) is 0 Å². The van der Waals surface area contributed by atoms with Crippen molar-refractivity contribution in [2.45, 2.75) is 38.6 Å². The van der Waals surface area contributed by atoms with Crippen LogP contribution in [0.2, 0.25) is 10.0 Å². The second-order valence-electron chi connectivity index (χ2n) is 6.94. The summed E-state index contributed by atoms with van der Waals surface area (Å²) in [5, 5.41) is 5.16. The lowest BCUT2D eigenvalue weighted by Gasteiger charge is -2.31. The fourth-order valence-electron chi connectivity index (χ4n) is 3.52. The Labute approximate surface area is 165 Å². The number of hydrogen-bond donors (Lipinski definition) is 0. The summed E-state index contributed by atoms with van der Waals surface area (Å²) < 4.78 is 1.99. The van der Waals surface area contributed by atoms with E-state index in [0.29, 0.717) is 15.6 Å². The molecule has 0 spiro atoms. The molecule has 6 heteroatoms. The summed E-state index contributed by atoms with van der Waals surface area (Å²) in [4.78, 5) is 15.1. The van der Waals surface area contributed by atoms with E-state index in [1.165, 1.54) is 12.8 Å². The minimum Gasteiger partial charge on any atom is -0.303 e. The number of ketones is 1. The summed E-state index contributed by atoms with van der Waals surface area (Å²) in [6, 6.07) is 7.14. The molecule has 0 radical (unpaired) electrons. The van der Waals surface area contributed by atoms with Crippen molar-refractivity contribution < 1.29 is 4.79 Å². The molecule has 140 valence electrons. The van der Waals surface area contributed by atoms with Gasteiger partial charge in [-0.25, -0.2) is 0 Å². The zero-order valence-corrected chi connectivity index (χ0v) is 16.4. The summed E-state index contributed by atoms with van der Waals surface area (Å²) in [6.45, 7) is 4.10. The van der Waals surface area contributed by atoms with Crippen LogP contribution in [0.25, 0.3) is 0 Å². The van der Waals surface area contributed by atoms with Gasteiger partial charge in [0.05, 0.1) is 10.0 Å². The number of likely N-dealkylation sites (tertiary alicyclic amines) is 1. The summed E-state index contributed by atoms with van der Waals surface area (Å²) in [7, 11) is 0. The van der Waals surface area contributed by atoms with Gasteiger partial charge in [0.15, 0.2) is 5.78 Å². The number of piperidine rings is 1. The summed E-state index contributed by atoms with van der Waals surface area (Å²) in [5.41, 5.74) is 0.677. The van der Waals surface area contributed by atoms with Crippen LogP contribution in [-0.2, 0) is 6.54 Å². The highest BCUT2D eigenvalue weighted by molar-refractivity contribution is 6.42. The van der Waals surface area contributed by atoms with E-state index in [9.17, 15) is 4.79 Å². The Kier molecular flexibility index (Phi) is 7.12. The Morgan fingerprint density at radius 3 is 2.54 bits per heavy atom. The molecule has 0 bridgehead atoms. The first-order valence-electron chi connectivity index (χ1n) is 9.32. The zero-order valence-electron chi connectivity index (χ0n) is 14.9. The van der Waals surface area contributed by atoms with Gasteiger partial charge in [0.2, 0.25) is 0 Å². The average Bonchev–Trinajstić information content (AvgIpc) is 3.17. The maximum absolute atomic E-state index is 12.7. The van der Waals surface area contributed by atoms with E-state index in [1.807, 2.05) is 23.1 Å². The molecule has 1 aliphatic heterocycles. The summed E-state index contributed by atoms with van der Waals surface area (Å²) in [6.07, 6.45) is 9.25. The number of unbranched alkanes of at least 4 members (excludes halogenated alkanes) is 2. The molecule has 2 heterocycles. The summed E-state index contributed by atoms with van der Waals surface area (Å²) >= 11 is 12.0. The van der Waals surface area contributed by atoms with Crippen LogP contribution in [-0.4, -0.2) is 40.1 Å². The molecule has 1 saturated heterocycles. The summed E-state index contributed by atoms with van der Waals surface area (Å²) in [5.74, 6) is 0.297. The van der Waals surface area contributed by atoms with Crippen LogP contribution in [0.1, 0.15) is 42.5 Å². The zero-order chi connectivity index (χ0) is 18.4. The van der Waals surface area contributed by atoms with Crippen LogP contribution in [0.4, 0.5) is 0 Å². The fourth-order valence-corrected chi connectivity index (χ4v) is 3.82. The van der Waals surface area contributed by atoms with Crippen molar-refractivity contribution in [2.24, 2.45) is 5.92 Å². The number of carbonyl (C=O) groups is 1. The normalized spacial score (nSPS) is 16.1. The van der Waals surface area contributed by atoms with E-state index in [1.54, 1.807) is 18.2 Å². The number of halogens is 2. The van der Waals surface area contributed by atoms with E-state index in [4.69, 9.17) is 23.2 Å². The number of carbonyl (C=O) groups excluding carboxylic acids is 1. The molecule has 0 unspecified atom stereocenters. The van der Waals surface area contributed by atoms with Crippen molar-refractivity contribution >= 4 is 29.0 Å². The molecule has 26 heavy (non-hydrogen) atoms. The van der Waals surface area contributed by atoms with E-state index in [2.05, 4.69) is 10.00 Å². The largest absolute Gasteiger partial charge is 0.303 e. The van der Waals surface area contributed by atoms with Gasteiger partial charge in [-0.3, -0.25) is 9.48 Å². The minimum absolute atomic E-state index is 0.100.